The molecule has 0 aliphatic rings. The smallest absolute Gasteiger partial charge is 0.0809 e. The second kappa shape index (κ2) is 3.61. The number of hydrogen-bond acceptors (Lipinski definition) is 0. The van der Waals surface area contributed by atoms with Gasteiger partial charge in [0.15, 0.2) is 0 Å². The highest BCUT2D eigenvalue weighted by molar-refractivity contribution is 14.1. The van der Waals surface area contributed by atoms with E-state index < -0.39 is 0 Å². The lowest BCUT2D eigenvalue weighted by Gasteiger charge is -2.02. The molecule has 1 aromatic heterocycles. The molecule has 0 radical (unpaired) electrons. The summed E-state index contributed by atoms with van der Waals surface area (Å²) in [6.45, 7) is 3.20. The van der Waals surface area contributed by atoms with Gasteiger partial charge in [0, 0.05) is 21.9 Å². The van der Waals surface area contributed by atoms with Crippen molar-refractivity contribution >= 4 is 49.4 Å². The summed E-state index contributed by atoms with van der Waals surface area (Å²) in [5.41, 5.74) is 1.31. The van der Waals surface area contributed by atoms with E-state index in [9.17, 15) is 0 Å². The predicted octanol–water partition coefficient (Wildman–Crippen LogP) is 4.03. The van der Waals surface area contributed by atoms with E-state index in [1.807, 2.05) is 0 Å². The van der Waals surface area contributed by atoms with E-state index in [4.69, 9.17) is 0 Å². The summed E-state index contributed by atoms with van der Waals surface area (Å²) in [4.78, 5) is 0. The Morgan fingerprint density at radius 3 is 2.92 bits per heavy atom. The van der Waals surface area contributed by atoms with Crippen molar-refractivity contribution in [2.24, 2.45) is 0 Å². The number of aryl methyl sites for hydroxylation is 1. The second-order valence-electron chi connectivity index (χ2n) is 2.88. The lowest BCUT2D eigenvalue weighted by Crippen LogP contribution is -1.94. The van der Waals surface area contributed by atoms with Gasteiger partial charge in [-0.1, -0.05) is 22.0 Å². The molecule has 0 bridgehead atoms. The molecule has 0 atom stereocenters. The Balaban J connectivity index is 2.86. The first kappa shape index (κ1) is 9.52. The molecule has 0 fully saturated rings. The summed E-state index contributed by atoms with van der Waals surface area (Å²) in [5, 5.41) is 1.30. The van der Waals surface area contributed by atoms with Crippen LogP contribution in [0.25, 0.3) is 10.9 Å². The van der Waals surface area contributed by atoms with Crippen molar-refractivity contribution < 1.29 is 0 Å². The molecule has 2 aromatic rings. The Labute approximate surface area is 99.4 Å². The van der Waals surface area contributed by atoms with Gasteiger partial charge in [-0.3, -0.25) is 0 Å². The average molecular weight is 350 g/mol. The molecule has 0 unspecified atom stereocenters. The van der Waals surface area contributed by atoms with Gasteiger partial charge in [0.2, 0.25) is 0 Å². The standard InChI is InChI=1S/C10H9BrIN/c1-2-13-9-5-3-4-8(11)7(9)6-10(13)12/h3-6H,2H2,1H3. The summed E-state index contributed by atoms with van der Waals surface area (Å²) in [5.74, 6) is 0. The third-order valence-electron chi connectivity index (χ3n) is 2.16. The monoisotopic (exact) mass is 349 g/mol. The minimum Gasteiger partial charge on any atom is -0.336 e. The van der Waals surface area contributed by atoms with Crippen LogP contribution in [0.2, 0.25) is 0 Å². The van der Waals surface area contributed by atoms with Crippen LogP contribution >= 0.6 is 38.5 Å². The van der Waals surface area contributed by atoms with E-state index in [-0.39, 0.29) is 0 Å². The quantitative estimate of drug-likeness (QED) is 0.685. The van der Waals surface area contributed by atoms with Crippen molar-refractivity contribution in [2.45, 2.75) is 13.5 Å². The zero-order valence-electron chi connectivity index (χ0n) is 7.22. The van der Waals surface area contributed by atoms with Crippen molar-refractivity contribution in [3.63, 3.8) is 0 Å². The average Bonchev–Trinajstić information content (AvgIpc) is 2.43. The molecule has 3 heteroatoms. The summed E-state index contributed by atoms with van der Waals surface area (Å²) < 4.78 is 4.78. The van der Waals surface area contributed by atoms with Crippen molar-refractivity contribution in [1.29, 1.82) is 0 Å². The Morgan fingerprint density at radius 2 is 2.23 bits per heavy atom. The van der Waals surface area contributed by atoms with Gasteiger partial charge >= 0.3 is 0 Å². The molecule has 68 valence electrons. The molecule has 0 aliphatic heterocycles. The maximum absolute atomic E-state index is 3.56. The zero-order chi connectivity index (χ0) is 9.42. The van der Waals surface area contributed by atoms with Crippen LogP contribution in [0.3, 0.4) is 0 Å². The molecule has 0 aliphatic carbocycles. The van der Waals surface area contributed by atoms with Gasteiger partial charge in [0.1, 0.15) is 0 Å². The number of hydrogen-bond donors (Lipinski definition) is 0. The van der Waals surface area contributed by atoms with Gasteiger partial charge in [-0.25, -0.2) is 0 Å². The first-order valence-corrected chi connectivity index (χ1v) is 6.04. The minimum absolute atomic E-state index is 1.03. The van der Waals surface area contributed by atoms with Crippen LogP contribution < -0.4 is 0 Å². The van der Waals surface area contributed by atoms with E-state index in [2.05, 4.69) is 74.3 Å². The highest BCUT2D eigenvalue weighted by Gasteiger charge is 2.06. The minimum atomic E-state index is 1.03. The van der Waals surface area contributed by atoms with Gasteiger partial charge in [-0.05, 0) is 47.7 Å². The number of aromatic nitrogens is 1. The Morgan fingerprint density at radius 1 is 1.46 bits per heavy atom. The highest BCUT2D eigenvalue weighted by Crippen LogP contribution is 2.27. The van der Waals surface area contributed by atoms with Gasteiger partial charge in [-0.2, -0.15) is 0 Å². The van der Waals surface area contributed by atoms with E-state index in [0.717, 1.165) is 6.54 Å². The number of rotatable bonds is 1. The molecule has 1 aromatic carbocycles. The molecule has 0 N–H and O–H groups in total. The maximum Gasteiger partial charge on any atom is 0.0809 e. The Bertz CT molecular complexity index is 447. The first-order chi connectivity index (χ1) is 6.24. The molecule has 1 heterocycles. The summed E-state index contributed by atoms with van der Waals surface area (Å²) >= 11 is 5.93. The molecule has 0 spiro atoms. The highest BCUT2D eigenvalue weighted by atomic mass is 127. The van der Waals surface area contributed by atoms with Gasteiger partial charge in [0.05, 0.1) is 3.70 Å². The number of halogens is 2. The molecule has 13 heavy (non-hydrogen) atoms. The molecular formula is C10H9BrIN. The SMILES string of the molecule is CCn1c(I)cc2c(Br)cccc21. The Hall–Kier alpha value is -0.0300. The number of fused-ring (bicyclic) bond motifs is 1. The Kier molecular flexibility index (Phi) is 2.65. The molecular weight excluding hydrogens is 341 g/mol. The zero-order valence-corrected chi connectivity index (χ0v) is 11.0. The molecule has 1 nitrogen and oxygen atoms in total. The van der Waals surface area contributed by atoms with Gasteiger partial charge in [-0.15, -0.1) is 0 Å². The predicted molar refractivity (Wildman–Crippen MR) is 68.0 cm³/mol. The van der Waals surface area contributed by atoms with Crippen molar-refractivity contribution in [3.8, 4) is 0 Å². The van der Waals surface area contributed by atoms with E-state index >= 15 is 0 Å². The summed E-state index contributed by atoms with van der Waals surface area (Å²) in [6.07, 6.45) is 0. The van der Waals surface area contributed by atoms with Crippen LogP contribution in [0.15, 0.2) is 28.7 Å². The van der Waals surface area contributed by atoms with Crippen molar-refractivity contribution in [3.05, 3.63) is 32.4 Å². The van der Waals surface area contributed by atoms with Crippen LogP contribution in [0, 0.1) is 3.70 Å². The lowest BCUT2D eigenvalue weighted by atomic mass is 10.2. The third-order valence-corrected chi connectivity index (χ3v) is 3.74. The van der Waals surface area contributed by atoms with Crippen molar-refractivity contribution in [2.75, 3.05) is 0 Å². The fraction of sp³-hybridized carbons (Fsp3) is 0.200. The largest absolute Gasteiger partial charge is 0.336 e. The lowest BCUT2D eigenvalue weighted by molar-refractivity contribution is 0.778. The topological polar surface area (TPSA) is 4.93 Å². The molecule has 0 saturated carbocycles. The van der Waals surface area contributed by atoms with Crippen LogP contribution in [0.5, 0.6) is 0 Å². The van der Waals surface area contributed by atoms with Crippen LogP contribution in [-0.2, 0) is 6.54 Å². The van der Waals surface area contributed by atoms with Crippen molar-refractivity contribution in [1.82, 2.24) is 4.57 Å². The normalized spacial score (nSPS) is 11.0. The van der Waals surface area contributed by atoms with E-state index in [1.54, 1.807) is 0 Å². The molecule has 2 rings (SSSR count). The third kappa shape index (κ3) is 1.52. The fourth-order valence-corrected chi connectivity index (χ4v) is 2.92. The van der Waals surface area contributed by atoms with Crippen LogP contribution in [0.4, 0.5) is 0 Å². The molecule has 0 amide bonds. The number of benzene rings is 1. The summed E-state index contributed by atoms with van der Waals surface area (Å²) in [7, 11) is 0. The van der Waals surface area contributed by atoms with Gasteiger partial charge in [0.25, 0.3) is 0 Å². The summed E-state index contributed by atoms with van der Waals surface area (Å²) in [6, 6.07) is 8.53. The second-order valence-corrected chi connectivity index (χ2v) is 4.84. The number of nitrogens with zero attached hydrogens (tertiary/aromatic N) is 1. The van der Waals surface area contributed by atoms with E-state index in [1.165, 1.54) is 19.1 Å². The maximum atomic E-state index is 3.56. The molecule has 0 saturated heterocycles. The van der Waals surface area contributed by atoms with Crippen LogP contribution in [0.1, 0.15) is 6.92 Å². The van der Waals surface area contributed by atoms with E-state index in [0.29, 0.717) is 0 Å². The first-order valence-electron chi connectivity index (χ1n) is 4.17. The van der Waals surface area contributed by atoms with Gasteiger partial charge < -0.3 is 4.57 Å². The fourth-order valence-electron chi connectivity index (χ4n) is 1.54. The van der Waals surface area contributed by atoms with Crippen LogP contribution in [-0.4, -0.2) is 4.57 Å².